The first-order valence-corrected chi connectivity index (χ1v) is 10.7. The topological polar surface area (TPSA) is 0 Å². The molecule has 0 heterocycles. The van der Waals surface area contributed by atoms with Crippen LogP contribution in [0, 0.1) is 52.4 Å². The maximum Gasteiger partial charge on any atom is 0.458 e. The van der Waals surface area contributed by atoms with E-state index in [2.05, 4.69) is 0 Å². The highest BCUT2D eigenvalue weighted by atomic mass is 19.4. The van der Waals surface area contributed by atoms with Gasteiger partial charge in [-0.05, 0) is 69.8 Å². The molecule has 0 saturated heterocycles. The Hall–Kier alpha value is -4.04. The number of hydrogen-bond donors (Lipinski definition) is 0. The van der Waals surface area contributed by atoms with Gasteiger partial charge >= 0.3 is 12.1 Å². The van der Waals surface area contributed by atoms with Crippen molar-refractivity contribution in [1.82, 2.24) is 0 Å². The fraction of sp³-hybridized carbons (Fsp3) is 0.0769. The number of benzene rings is 4. The van der Waals surface area contributed by atoms with Gasteiger partial charge in [-0.15, -0.1) is 0 Å². The molecule has 0 aliphatic rings. The molecule has 0 aromatic heterocycles. The van der Waals surface area contributed by atoms with E-state index < -0.39 is 109 Å². The molecule has 4 rings (SSSR count). The van der Waals surface area contributed by atoms with Crippen LogP contribution in [-0.4, -0.2) is 14.0 Å². The molecule has 0 saturated carbocycles. The number of hydrogen-bond acceptors (Lipinski definition) is 0. The molecule has 0 amide bonds. The van der Waals surface area contributed by atoms with E-state index in [-0.39, 0.29) is 42.5 Å². The van der Waals surface area contributed by atoms with Crippen LogP contribution in [0.15, 0.2) is 42.5 Å². The zero-order valence-corrected chi connectivity index (χ0v) is 19.4. The van der Waals surface area contributed by atoms with Gasteiger partial charge in [0.2, 0.25) is 0 Å². The van der Waals surface area contributed by atoms with Crippen LogP contribution in [0.1, 0.15) is 5.56 Å². The van der Waals surface area contributed by atoms with Gasteiger partial charge in [0.15, 0.2) is 52.4 Å². The molecule has 212 valence electrons. The highest BCUT2D eigenvalue weighted by Gasteiger charge is 2.60. The second-order valence-electron chi connectivity index (χ2n) is 8.47. The van der Waals surface area contributed by atoms with Gasteiger partial charge in [-0.3, -0.25) is 0 Å². The summed E-state index contributed by atoms with van der Waals surface area (Å²) in [6.45, 7) is 0. The van der Waals surface area contributed by atoms with E-state index in [4.69, 9.17) is 7.85 Å². The summed E-state index contributed by atoms with van der Waals surface area (Å²) in [5.41, 5.74) is -11.0. The van der Waals surface area contributed by atoms with Crippen molar-refractivity contribution in [1.29, 1.82) is 0 Å². The molecular formula is C26H7BF14. The Labute approximate surface area is 221 Å². The predicted molar refractivity (Wildman–Crippen MR) is 118 cm³/mol. The molecule has 0 aliphatic heterocycles. The summed E-state index contributed by atoms with van der Waals surface area (Å²) in [5.74, 6) is -24.7. The quantitative estimate of drug-likeness (QED) is 0.126. The van der Waals surface area contributed by atoms with E-state index in [0.717, 1.165) is 0 Å². The van der Waals surface area contributed by atoms with Crippen molar-refractivity contribution in [3.63, 3.8) is 0 Å². The van der Waals surface area contributed by atoms with Crippen LogP contribution in [0.25, 0.3) is 33.4 Å². The molecule has 4 aromatic rings. The lowest BCUT2D eigenvalue weighted by Crippen LogP contribution is -2.39. The summed E-state index contributed by atoms with van der Waals surface area (Å²) in [6.07, 6.45) is -6.49. The minimum Gasteiger partial charge on any atom is -0.204 e. The predicted octanol–water partition coefficient (Wildman–Crippen LogP) is 8.39. The first kappa shape index (κ1) is 29.9. The Morgan fingerprint density at radius 3 is 1.10 bits per heavy atom. The van der Waals surface area contributed by atoms with Gasteiger partial charge in [-0.25, -0.2) is 39.5 Å². The summed E-state index contributed by atoms with van der Waals surface area (Å²) in [6, 6.07) is 0.568. The molecule has 0 spiro atoms. The summed E-state index contributed by atoms with van der Waals surface area (Å²) >= 11 is 0. The summed E-state index contributed by atoms with van der Waals surface area (Å²) < 4.78 is 197. The standard InChI is InChI=1S/C26H7BF14/c27-12-7-11(8-1-13(28)22(34)14(29)2-8)19(9-3-15(30)23(35)16(31)4-9)20(21(12)25(37,38)26(39,40)41)10-5-17(32)24(36)18(33)6-10/h1-7H. The molecule has 0 aliphatic carbocycles. The van der Waals surface area contributed by atoms with Gasteiger partial charge in [0.1, 0.15) is 7.85 Å². The fourth-order valence-corrected chi connectivity index (χ4v) is 4.11. The summed E-state index contributed by atoms with van der Waals surface area (Å²) in [5, 5.41) is 0. The van der Waals surface area contributed by atoms with E-state index >= 15 is 0 Å². The molecule has 0 nitrogen and oxygen atoms in total. The SMILES string of the molecule is [B]c1cc(-c2cc(F)c(F)c(F)c2)c(-c2cc(F)c(F)c(F)c2)c(-c2cc(F)c(F)c(F)c2)c1C(F)(F)C(F)(F)F. The van der Waals surface area contributed by atoms with Crippen LogP contribution in [-0.2, 0) is 5.92 Å². The normalized spacial score (nSPS) is 12.2. The van der Waals surface area contributed by atoms with E-state index in [1.54, 1.807) is 0 Å². The van der Waals surface area contributed by atoms with Crippen molar-refractivity contribution in [3.8, 4) is 33.4 Å². The molecule has 0 unspecified atom stereocenters. The maximum absolute atomic E-state index is 14.9. The van der Waals surface area contributed by atoms with Crippen LogP contribution in [0.4, 0.5) is 61.5 Å². The third kappa shape index (κ3) is 5.01. The summed E-state index contributed by atoms with van der Waals surface area (Å²) in [4.78, 5) is 0. The van der Waals surface area contributed by atoms with Gasteiger partial charge in [0.05, 0.1) is 0 Å². The van der Waals surface area contributed by atoms with E-state index in [1.165, 1.54) is 0 Å². The van der Waals surface area contributed by atoms with Crippen LogP contribution in [0.5, 0.6) is 0 Å². The van der Waals surface area contributed by atoms with Crippen molar-refractivity contribution in [2.45, 2.75) is 12.1 Å². The third-order valence-electron chi connectivity index (χ3n) is 5.87. The Morgan fingerprint density at radius 1 is 0.439 bits per heavy atom. The average Bonchev–Trinajstić information content (AvgIpc) is 2.86. The van der Waals surface area contributed by atoms with E-state index in [1.807, 2.05) is 0 Å². The van der Waals surface area contributed by atoms with Crippen LogP contribution >= 0.6 is 0 Å². The highest BCUT2D eigenvalue weighted by molar-refractivity contribution is 6.35. The minimum absolute atomic E-state index is 0.0545. The van der Waals surface area contributed by atoms with Crippen molar-refractivity contribution in [2.24, 2.45) is 0 Å². The zero-order valence-electron chi connectivity index (χ0n) is 19.4. The molecule has 15 heteroatoms. The largest absolute Gasteiger partial charge is 0.458 e. The Kier molecular flexibility index (Phi) is 7.38. The van der Waals surface area contributed by atoms with Crippen molar-refractivity contribution in [3.05, 3.63) is 100 Å². The second kappa shape index (κ2) is 10.1. The first-order chi connectivity index (χ1) is 18.9. The van der Waals surface area contributed by atoms with Crippen LogP contribution < -0.4 is 5.46 Å². The van der Waals surface area contributed by atoms with Gasteiger partial charge in [0.25, 0.3) is 0 Å². The lowest BCUT2D eigenvalue weighted by Gasteiger charge is -2.29. The minimum atomic E-state index is -6.49. The number of rotatable bonds is 4. The maximum atomic E-state index is 14.9. The van der Waals surface area contributed by atoms with Crippen molar-refractivity contribution >= 4 is 13.3 Å². The molecule has 0 bridgehead atoms. The van der Waals surface area contributed by atoms with Crippen molar-refractivity contribution in [2.75, 3.05) is 0 Å². The van der Waals surface area contributed by atoms with Gasteiger partial charge in [-0.1, -0.05) is 11.5 Å². The smallest absolute Gasteiger partial charge is 0.204 e. The second-order valence-corrected chi connectivity index (χ2v) is 8.47. The first-order valence-electron chi connectivity index (χ1n) is 10.7. The lowest BCUT2D eigenvalue weighted by atomic mass is 9.75. The molecule has 0 N–H and O–H groups in total. The van der Waals surface area contributed by atoms with Gasteiger partial charge in [0, 0.05) is 5.56 Å². The van der Waals surface area contributed by atoms with Crippen molar-refractivity contribution < 1.29 is 61.5 Å². The Balaban J connectivity index is 2.35. The fourth-order valence-electron chi connectivity index (χ4n) is 4.11. The molecular weight excluding hydrogens is 589 g/mol. The third-order valence-corrected chi connectivity index (χ3v) is 5.87. The summed E-state index contributed by atoms with van der Waals surface area (Å²) in [7, 11) is 5.51. The van der Waals surface area contributed by atoms with E-state index in [0.29, 0.717) is 0 Å². The molecule has 0 fully saturated rings. The molecule has 0 atom stereocenters. The highest BCUT2D eigenvalue weighted by Crippen LogP contribution is 2.51. The Bertz CT molecular complexity index is 1640. The van der Waals surface area contributed by atoms with Gasteiger partial charge in [-0.2, -0.15) is 22.0 Å². The Morgan fingerprint density at radius 2 is 0.756 bits per heavy atom. The average molecular weight is 596 g/mol. The van der Waals surface area contributed by atoms with Crippen LogP contribution in [0.2, 0.25) is 0 Å². The molecule has 41 heavy (non-hydrogen) atoms. The molecule has 2 radical (unpaired) electrons. The monoisotopic (exact) mass is 596 g/mol. The van der Waals surface area contributed by atoms with E-state index in [9.17, 15) is 61.5 Å². The lowest BCUT2D eigenvalue weighted by molar-refractivity contribution is -0.288. The van der Waals surface area contributed by atoms with Crippen LogP contribution in [0.3, 0.4) is 0 Å². The number of halogens is 14. The van der Waals surface area contributed by atoms with Gasteiger partial charge < -0.3 is 0 Å². The number of alkyl halides is 5. The molecule has 4 aromatic carbocycles. The zero-order chi connectivity index (χ0) is 30.8.